The van der Waals surface area contributed by atoms with E-state index in [-0.39, 0.29) is 0 Å². The zero-order valence-corrected chi connectivity index (χ0v) is 12.8. The van der Waals surface area contributed by atoms with E-state index in [0.717, 1.165) is 11.1 Å². The second-order valence-corrected chi connectivity index (χ2v) is 6.11. The molecule has 0 saturated heterocycles. The summed E-state index contributed by atoms with van der Waals surface area (Å²) in [6.45, 7) is 0. The number of nitrogens with two attached hydrogens (primary N) is 2. The molecule has 0 radical (unpaired) electrons. The molecular weight excluding hydrogens is 308 g/mol. The molecule has 1 saturated carbocycles. The third kappa shape index (κ3) is 2.56. The van der Waals surface area contributed by atoms with E-state index in [2.05, 4.69) is 0 Å². The molecule has 124 valence electrons. The number of hydrogen-bond donors (Lipinski definition) is 4. The largest absolute Gasteiger partial charge is 0.481 e. The van der Waals surface area contributed by atoms with Crippen LogP contribution >= 0.6 is 0 Å². The third-order valence-corrected chi connectivity index (χ3v) is 4.76. The Balaban J connectivity index is 2.06. The van der Waals surface area contributed by atoms with Gasteiger partial charge in [0.1, 0.15) is 0 Å². The van der Waals surface area contributed by atoms with Crippen LogP contribution in [-0.4, -0.2) is 22.2 Å². The summed E-state index contributed by atoms with van der Waals surface area (Å²) in [5.74, 6) is -5.00. The Morgan fingerprint density at radius 3 is 1.21 bits per heavy atom. The molecule has 4 atom stereocenters. The molecule has 1 aliphatic rings. The summed E-state index contributed by atoms with van der Waals surface area (Å²) in [5, 5.41) is 19.1. The van der Waals surface area contributed by atoms with Gasteiger partial charge in [0.15, 0.2) is 0 Å². The Kier molecular flexibility index (Phi) is 3.89. The summed E-state index contributed by atoms with van der Waals surface area (Å²) in [7, 11) is 0. The van der Waals surface area contributed by atoms with E-state index in [4.69, 9.17) is 11.5 Å². The first-order valence-corrected chi connectivity index (χ1v) is 7.56. The van der Waals surface area contributed by atoms with Crippen molar-refractivity contribution in [3.8, 4) is 0 Å². The van der Waals surface area contributed by atoms with Crippen molar-refractivity contribution < 1.29 is 19.8 Å². The van der Waals surface area contributed by atoms with Crippen molar-refractivity contribution in [3.05, 3.63) is 59.7 Å². The van der Waals surface area contributed by atoms with E-state index in [1.165, 1.54) is 0 Å². The average Bonchev–Trinajstić information content (AvgIpc) is 2.49. The molecule has 24 heavy (non-hydrogen) atoms. The zero-order chi connectivity index (χ0) is 17.4. The lowest BCUT2D eigenvalue weighted by atomic mass is 9.52. The van der Waals surface area contributed by atoms with Gasteiger partial charge < -0.3 is 21.7 Å². The van der Waals surface area contributed by atoms with E-state index in [0.29, 0.717) is 11.4 Å². The maximum atomic E-state index is 11.7. The summed E-state index contributed by atoms with van der Waals surface area (Å²) >= 11 is 0. The zero-order valence-electron chi connectivity index (χ0n) is 12.8. The van der Waals surface area contributed by atoms with Crippen molar-refractivity contribution in [1.29, 1.82) is 0 Å². The Morgan fingerprint density at radius 1 is 0.667 bits per heavy atom. The number of carboxylic acids is 2. The topological polar surface area (TPSA) is 127 Å². The van der Waals surface area contributed by atoms with Crippen molar-refractivity contribution in [2.24, 2.45) is 11.8 Å². The smallest absolute Gasteiger partial charge is 0.308 e. The molecular formula is C18H18N2O4. The van der Waals surface area contributed by atoms with Crippen LogP contribution in [0.4, 0.5) is 11.4 Å². The summed E-state index contributed by atoms with van der Waals surface area (Å²) in [6.07, 6.45) is 0. The van der Waals surface area contributed by atoms with Gasteiger partial charge in [-0.15, -0.1) is 0 Å². The number of rotatable bonds is 4. The SMILES string of the molecule is Nc1ccc([C@@H]2[C@@H](C(=O)O)[C@H](C(=O)O)[C@H]2c2ccc(N)cc2)cc1. The lowest BCUT2D eigenvalue weighted by molar-refractivity contribution is -0.164. The summed E-state index contributed by atoms with van der Waals surface area (Å²) in [4.78, 5) is 23.3. The molecule has 0 spiro atoms. The Hall–Kier alpha value is -3.02. The van der Waals surface area contributed by atoms with Crippen LogP contribution < -0.4 is 11.5 Å². The predicted octanol–water partition coefficient (Wildman–Crippen LogP) is 2.13. The van der Waals surface area contributed by atoms with Gasteiger partial charge in [0.05, 0.1) is 11.8 Å². The lowest BCUT2D eigenvalue weighted by Crippen LogP contribution is -2.51. The Labute approximate surface area is 138 Å². The van der Waals surface area contributed by atoms with Crippen LogP contribution in [-0.2, 0) is 9.59 Å². The van der Waals surface area contributed by atoms with Gasteiger partial charge in [-0.2, -0.15) is 0 Å². The molecule has 0 heterocycles. The van der Waals surface area contributed by atoms with Crippen LogP contribution in [0.15, 0.2) is 48.5 Å². The number of aliphatic carboxylic acids is 2. The Morgan fingerprint density at radius 2 is 0.958 bits per heavy atom. The van der Waals surface area contributed by atoms with Gasteiger partial charge in [0.25, 0.3) is 0 Å². The molecule has 6 heteroatoms. The second-order valence-electron chi connectivity index (χ2n) is 6.11. The van der Waals surface area contributed by atoms with Gasteiger partial charge in [-0.3, -0.25) is 9.59 Å². The second kappa shape index (κ2) is 5.88. The molecule has 1 fully saturated rings. The Bertz CT molecular complexity index is 703. The highest BCUT2D eigenvalue weighted by Gasteiger charge is 2.58. The predicted molar refractivity (Wildman–Crippen MR) is 89.4 cm³/mol. The first-order valence-electron chi connectivity index (χ1n) is 7.56. The molecule has 0 bridgehead atoms. The standard InChI is InChI=1S/C18H18N2O4/c19-11-5-1-9(2-6-11)13-14(10-3-7-12(20)8-4-10)16(18(23)24)15(13)17(21)22/h1-8,13-16H,19-20H2,(H,21,22)(H,23,24)/t13-,14-,15+,16+/m0/s1. The molecule has 2 aromatic rings. The van der Waals surface area contributed by atoms with E-state index < -0.39 is 35.6 Å². The average molecular weight is 326 g/mol. The van der Waals surface area contributed by atoms with E-state index in [9.17, 15) is 19.8 Å². The minimum atomic E-state index is -1.10. The maximum Gasteiger partial charge on any atom is 0.308 e. The molecule has 6 N–H and O–H groups in total. The number of carbonyl (C=O) groups is 2. The fraction of sp³-hybridized carbons (Fsp3) is 0.222. The van der Waals surface area contributed by atoms with Crippen LogP contribution in [0, 0.1) is 11.8 Å². The first-order chi connectivity index (χ1) is 11.4. The van der Waals surface area contributed by atoms with Crippen molar-refractivity contribution >= 4 is 23.3 Å². The number of benzene rings is 2. The van der Waals surface area contributed by atoms with Crippen LogP contribution in [0.25, 0.3) is 0 Å². The molecule has 3 rings (SSSR count). The maximum absolute atomic E-state index is 11.7. The normalized spacial score (nSPS) is 25.7. The van der Waals surface area contributed by atoms with Crippen molar-refractivity contribution in [3.63, 3.8) is 0 Å². The third-order valence-electron chi connectivity index (χ3n) is 4.76. The van der Waals surface area contributed by atoms with Gasteiger partial charge in [-0.1, -0.05) is 24.3 Å². The quantitative estimate of drug-likeness (QED) is 0.638. The molecule has 0 unspecified atom stereocenters. The van der Waals surface area contributed by atoms with Gasteiger partial charge in [-0.05, 0) is 35.4 Å². The lowest BCUT2D eigenvalue weighted by Gasteiger charge is -2.48. The van der Waals surface area contributed by atoms with Gasteiger partial charge >= 0.3 is 11.9 Å². The van der Waals surface area contributed by atoms with Gasteiger partial charge in [-0.25, -0.2) is 0 Å². The highest BCUT2D eigenvalue weighted by atomic mass is 16.4. The monoisotopic (exact) mass is 326 g/mol. The molecule has 0 aliphatic heterocycles. The van der Waals surface area contributed by atoms with Crippen LogP contribution in [0.2, 0.25) is 0 Å². The van der Waals surface area contributed by atoms with Gasteiger partial charge in [0.2, 0.25) is 0 Å². The molecule has 2 aromatic carbocycles. The van der Waals surface area contributed by atoms with Crippen molar-refractivity contribution in [2.75, 3.05) is 11.5 Å². The van der Waals surface area contributed by atoms with Crippen LogP contribution in [0.3, 0.4) is 0 Å². The van der Waals surface area contributed by atoms with E-state index in [1.807, 2.05) is 0 Å². The minimum Gasteiger partial charge on any atom is -0.481 e. The van der Waals surface area contributed by atoms with Crippen molar-refractivity contribution in [1.82, 2.24) is 0 Å². The van der Waals surface area contributed by atoms with E-state index in [1.54, 1.807) is 48.5 Å². The summed E-state index contributed by atoms with van der Waals surface area (Å²) in [6, 6.07) is 13.8. The van der Waals surface area contributed by atoms with Crippen LogP contribution in [0.5, 0.6) is 0 Å². The number of nitrogen functional groups attached to an aromatic ring is 2. The molecule has 0 amide bonds. The highest BCUT2D eigenvalue weighted by Crippen LogP contribution is 2.58. The fourth-order valence-electron chi connectivity index (χ4n) is 3.63. The fourth-order valence-corrected chi connectivity index (χ4v) is 3.63. The molecule has 0 aromatic heterocycles. The first kappa shape index (κ1) is 15.9. The summed E-state index contributed by atoms with van der Waals surface area (Å²) in [5.41, 5.74) is 14.1. The number of anilines is 2. The van der Waals surface area contributed by atoms with Crippen LogP contribution in [0.1, 0.15) is 23.0 Å². The molecule has 1 aliphatic carbocycles. The molecule has 6 nitrogen and oxygen atoms in total. The van der Waals surface area contributed by atoms with Crippen molar-refractivity contribution in [2.45, 2.75) is 11.8 Å². The van der Waals surface area contributed by atoms with Gasteiger partial charge in [0, 0.05) is 23.2 Å². The van der Waals surface area contributed by atoms with E-state index >= 15 is 0 Å². The highest BCUT2D eigenvalue weighted by molar-refractivity contribution is 5.85. The number of carboxylic acid groups (broad SMARTS) is 2. The minimum absolute atomic E-state index is 0.423. The summed E-state index contributed by atoms with van der Waals surface area (Å²) < 4.78 is 0. The number of hydrogen-bond acceptors (Lipinski definition) is 4.